The molecule has 0 bridgehead atoms. The van der Waals surface area contributed by atoms with Gasteiger partial charge in [-0.25, -0.2) is 4.98 Å². The Hall–Kier alpha value is -6.26. The van der Waals surface area contributed by atoms with E-state index in [1.54, 1.807) is 0 Å². The van der Waals surface area contributed by atoms with Crippen LogP contribution >= 0.6 is 0 Å². The van der Waals surface area contributed by atoms with Crippen molar-refractivity contribution >= 4 is 60.7 Å². The van der Waals surface area contributed by atoms with Crippen LogP contribution in [-0.4, -0.2) is 9.97 Å². The van der Waals surface area contributed by atoms with Crippen molar-refractivity contribution in [2.75, 3.05) is 4.90 Å². The number of pyridine rings is 2. The first-order valence-electron chi connectivity index (χ1n) is 15.5. The van der Waals surface area contributed by atoms with Crippen molar-refractivity contribution in [2.45, 2.75) is 0 Å². The topological polar surface area (TPSA) is 42.2 Å². The fourth-order valence-corrected chi connectivity index (χ4v) is 7.17. The van der Waals surface area contributed by atoms with E-state index in [1.165, 1.54) is 16.5 Å². The first-order chi connectivity index (χ1) is 22.8. The molecule has 1 aliphatic rings. The average molecular weight is 588 g/mol. The second-order valence-corrected chi connectivity index (χ2v) is 11.8. The van der Waals surface area contributed by atoms with Crippen LogP contribution in [0.5, 0.6) is 0 Å². The molecule has 0 aliphatic carbocycles. The predicted octanol–water partition coefficient (Wildman–Crippen LogP) is 11.5. The van der Waals surface area contributed by atoms with E-state index in [9.17, 15) is 0 Å². The van der Waals surface area contributed by atoms with E-state index in [2.05, 4.69) is 137 Å². The van der Waals surface area contributed by atoms with Gasteiger partial charge in [0.1, 0.15) is 11.2 Å². The van der Waals surface area contributed by atoms with Crippen LogP contribution in [0.4, 0.5) is 17.1 Å². The number of benzene rings is 6. The standard InChI is InChI=1S/C42H25N3O/c1-2-8-26(9-3-1)28-18-21-36-35(24-28)32-12-7-14-37-40(32)41(44-36)34-22-23-43-25-38(34)45(37)29-19-16-27(17-20-29)30-11-6-13-33-31-10-4-5-15-39(31)46-42(30)33/h1-25H. The summed E-state index contributed by atoms with van der Waals surface area (Å²) >= 11 is 0. The highest BCUT2D eigenvalue weighted by atomic mass is 16.3. The van der Waals surface area contributed by atoms with E-state index in [-0.39, 0.29) is 0 Å². The summed E-state index contributed by atoms with van der Waals surface area (Å²) < 4.78 is 6.35. The molecule has 4 nitrogen and oxygen atoms in total. The largest absolute Gasteiger partial charge is 0.455 e. The molecule has 9 aromatic rings. The van der Waals surface area contributed by atoms with Crippen LogP contribution in [0.25, 0.3) is 77.1 Å². The van der Waals surface area contributed by atoms with Crippen molar-refractivity contribution in [3.8, 4) is 33.5 Å². The Balaban J connectivity index is 1.16. The average Bonchev–Trinajstić information content (AvgIpc) is 3.51. The Kier molecular flexibility index (Phi) is 5.25. The lowest BCUT2D eigenvalue weighted by Gasteiger charge is -2.33. The smallest absolute Gasteiger partial charge is 0.143 e. The van der Waals surface area contributed by atoms with E-state index < -0.39 is 0 Å². The molecule has 4 heteroatoms. The van der Waals surface area contributed by atoms with Crippen LogP contribution in [0, 0.1) is 0 Å². The van der Waals surface area contributed by atoms with Crippen molar-refractivity contribution in [1.29, 1.82) is 0 Å². The van der Waals surface area contributed by atoms with Gasteiger partial charge in [-0.15, -0.1) is 0 Å². The molecule has 4 heterocycles. The van der Waals surface area contributed by atoms with Gasteiger partial charge in [-0.3, -0.25) is 4.98 Å². The van der Waals surface area contributed by atoms with Crippen LogP contribution in [-0.2, 0) is 0 Å². The molecule has 214 valence electrons. The summed E-state index contributed by atoms with van der Waals surface area (Å²) in [5, 5.41) is 5.75. The molecule has 0 unspecified atom stereocenters. The summed E-state index contributed by atoms with van der Waals surface area (Å²) in [6, 6.07) is 49.2. The quantitative estimate of drug-likeness (QED) is 0.193. The Morgan fingerprint density at radius 2 is 1.30 bits per heavy atom. The molecule has 0 saturated carbocycles. The molecule has 10 rings (SSSR count). The predicted molar refractivity (Wildman–Crippen MR) is 189 cm³/mol. The van der Waals surface area contributed by atoms with E-state index in [0.29, 0.717) is 0 Å². The van der Waals surface area contributed by atoms with Crippen LogP contribution < -0.4 is 4.90 Å². The molecular formula is C42H25N3O. The Bertz CT molecular complexity index is 2640. The van der Waals surface area contributed by atoms with Gasteiger partial charge < -0.3 is 9.32 Å². The van der Waals surface area contributed by atoms with Crippen LogP contribution in [0.15, 0.2) is 156 Å². The SMILES string of the molecule is c1ccc(-c2ccc3nc4c5c(cccc5c3c2)N(c2ccc(-c3cccc5c3oc3ccccc35)cc2)c2cnccc2-4)cc1. The van der Waals surface area contributed by atoms with Crippen molar-refractivity contribution in [1.82, 2.24) is 9.97 Å². The second-order valence-electron chi connectivity index (χ2n) is 11.8. The van der Waals surface area contributed by atoms with Crippen molar-refractivity contribution in [2.24, 2.45) is 0 Å². The number of fused-ring (bicyclic) bond motifs is 7. The minimum Gasteiger partial charge on any atom is -0.455 e. The third-order valence-electron chi connectivity index (χ3n) is 9.28. The fourth-order valence-electron chi connectivity index (χ4n) is 7.17. The highest BCUT2D eigenvalue weighted by Crippen LogP contribution is 2.51. The zero-order valence-electron chi connectivity index (χ0n) is 24.7. The lowest BCUT2D eigenvalue weighted by atomic mass is 9.92. The normalized spacial score (nSPS) is 12.3. The number of hydrogen-bond acceptors (Lipinski definition) is 4. The maximum Gasteiger partial charge on any atom is 0.143 e. The third kappa shape index (κ3) is 3.61. The number of hydrogen-bond donors (Lipinski definition) is 0. The van der Waals surface area contributed by atoms with Crippen LogP contribution in [0.1, 0.15) is 0 Å². The highest BCUT2D eigenvalue weighted by Gasteiger charge is 2.28. The molecule has 0 spiro atoms. The molecule has 0 amide bonds. The summed E-state index contributed by atoms with van der Waals surface area (Å²) in [4.78, 5) is 12.1. The summed E-state index contributed by atoms with van der Waals surface area (Å²) in [5.74, 6) is 0. The van der Waals surface area contributed by atoms with Gasteiger partial charge in [0.25, 0.3) is 0 Å². The Morgan fingerprint density at radius 1 is 0.522 bits per heavy atom. The molecule has 0 N–H and O–H groups in total. The first-order valence-corrected chi connectivity index (χ1v) is 15.5. The molecular weight excluding hydrogens is 562 g/mol. The monoisotopic (exact) mass is 587 g/mol. The minimum absolute atomic E-state index is 0.905. The zero-order chi connectivity index (χ0) is 30.2. The maximum absolute atomic E-state index is 6.35. The van der Waals surface area contributed by atoms with E-state index >= 15 is 0 Å². The molecule has 3 aromatic heterocycles. The number of nitrogens with zero attached hydrogens (tertiary/aromatic N) is 3. The Labute approximate surface area is 264 Å². The summed E-state index contributed by atoms with van der Waals surface area (Å²) in [6.07, 6.45) is 3.81. The maximum atomic E-state index is 6.35. The number of aromatic nitrogens is 2. The molecule has 0 atom stereocenters. The minimum atomic E-state index is 0.905. The molecule has 46 heavy (non-hydrogen) atoms. The van der Waals surface area contributed by atoms with Gasteiger partial charge in [0.05, 0.1) is 28.8 Å². The number of anilines is 3. The second kappa shape index (κ2) is 9.62. The Morgan fingerprint density at radius 3 is 2.22 bits per heavy atom. The third-order valence-corrected chi connectivity index (χ3v) is 9.28. The van der Waals surface area contributed by atoms with E-state index in [4.69, 9.17) is 9.40 Å². The lowest BCUT2D eigenvalue weighted by molar-refractivity contribution is 0.670. The molecule has 0 fully saturated rings. The lowest BCUT2D eigenvalue weighted by Crippen LogP contribution is -2.16. The summed E-state index contributed by atoms with van der Waals surface area (Å²) in [6.45, 7) is 0. The molecule has 0 saturated heterocycles. The van der Waals surface area contributed by atoms with Gasteiger partial charge in [-0.05, 0) is 64.5 Å². The van der Waals surface area contributed by atoms with Crippen LogP contribution in [0.2, 0.25) is 0 Å². The first kappa shape index (κ1) is 25.1. The van der Waals surface area contributed by atoms with Gasteiger partial charge >= 0.3 is 0 Å². The number of rotatable bonds is 3. The van der Waals surface area contributed by atoms with Gasteiger partial charge in [0.2, 0.25) is 0 Å². The summed E-state index contributed by atoms with van der Waals surface area (Å²) in [5.41, 5.74) is 12.6. The fraction of sp³-hybridized carbons (Fsp3) is 0. The van der Waals surface area contributed by atoms with Gasteiger partial charge in [-0.1, -0.05) is 97.1 Å². The van der Waals surface area contributed by atoms with Crippen molar-refractivity contribution in [3.05, 3.63) is 152 Å². The molecule has 1 aliphatic heterocycles. The van der Waals surface area contributed by atoms with Crippen LogP contribution in [0.3, 0.4) is 0 Å². The van der Waals surface area contributed by atoms with Gasteiger partial charge in [0.15, 0.2) is 0 Å². The van der Waals surface area contributed by atoms with Crippen molar-refractivity contribution in [3.63, 3.8) is 0 Å². The van der Waals surface area contributed by atoms with E-state index in [1.807, 2.05) is 24.5 Å². The van der Waals surface area contributed by atoms with E-state index in [0.717, 1.165) is 77.7 Å². The zero-order valence-corrected chi connectivity index (χ0v) is 24.7. The van der Waals surface area contributed by atoms with Gasteiger partial charge in [0, 0.05) is 44.6 Å². The van der Waals surface area contributed by atoms with Crippen molar-refractivity contribution < 1.29 is 4.42 Å². The van der Waals surface area contributed by atoms with Gasteiger partial charge in [-0.2, -0.15) is 0 Å². The molecule has 6 aromatic carbocycles. The highest BCUT2D eigenvalue weighted by molar-refractivity contribution is 6.20. The number of furan rings is 1. The number of para-hydroxylation sites is 2. The summed E-state index contributed by atoms with van der Waals surface area (Å²) in [7, 11) is 0. The molecule has 0 radical (unpaired) electrons.